The van der Waals surface area contributed by atoms with Gasteiger partial charge in [-0.05, 0) is 66.6 Å². The highest BCUT2D eigenvalue weighted by Crippen LogP contribution is 2.46. The number of hydrogen-bond donors (Lipinski definition) is 1. The number of hydrogen-bond acceptors (Lipinski definition) is 7. The van der Waals surface area contributed by atoms with Crippen LogP contribution in [-0.4, -0.2) is 72.4 Å². The lowest BCUT2D eigenvalue weighted by atomic mass is 9.80. The Hall–Kier alpha value is -4.69. The van der Waals surface area contributed by atoms with E-state index in [4.69, 9.17) is 27.9 Å². The highest BCUT2D eigenvalue weighted by molar-refractivity contribution is 6.35. The number of carbonyl (C=O) groups excluding carboxylic acids is 4. The van der Waals surface area contributed by atoms with Crippen LogP contribution in [-0.2, 0) is 19.1 Å². The highest BCUT2D eigenvalue weighted by Gasteiger charge is 2.64. The van der Waals surface area contributed by atoms with Gasteiger partial charge in [-0.15, -0.1) is 0 Å². The number of esters is 1. The fraction of sp³-hybridized carbons (Fsp3) is 0.242. The Morgan fingerprint density at radius 1 is 1.07 bits per heavy atom. The molecular formula is C33H29Cl2N5O5. The number of carbonyl (C=O) groups is 4. The van der Waals surface area contributed by atoms with E-state index in [1.165, 1.54) is 29.2 Å². The van der Waals surface area contributed by atoms with Gasteiger partial charge in [0.05, 0.1) is 30.5 Å². The van der Waals surface area contributed by atoms with Crippen molar-refractivity contribution in [2.75, 3.05) is 43.5 Å². The fourth-order valence-corrected chi connectivity index (χ4v) is 6.36. The van der Waals surface area contributed by atoms with E-state index in [-0.39, 0.29) is 41.3 Å². The first-order valence-corrected chi connectivity index (χ1v) is 14.9. The molecule has 1 N–H and O–H groups in total. The quantitative estimate of drug-likeness (QED) is 0.200. The highest BCUT2D eigenvalue weighted by atomic mass is 35.5. The molecule has 0 unspecified atom stereocenters. The van der Waals surface area contributed by atoms with Gasteiger partial charge in [0.1, 0.15) is 5.54 Å². The molecule has 10 nitrogen and oxygen atoms in total. The molecule has 2 aliphatic heterocycles. The maximum absolute atomic E-state index is 14.3. The number of ether oxygens (including phenoxy) is 1. The van der Waals surface area contributed by atoms with Gasteiger partial charge >= 0.3 is 12.0 Å². The van der Waals surface area contributed by atoms with Crippen molar-refractivity contribution in [3.05, 3.63) is 99.5 Å². The summed E-state index contributed by atoms with van der Waals surface area (Å²) in [4.78, 5) is 57.1. The minimum Gasteiger partial charge on any atom is -0.463 e. The summed E-state index contributed by atoms with van der Waals surface area (Å²) in [5, 5.41) is 12.7. The second kappa shape index (κ2) is 13.1. The zero-order chi connectivity index (χ0) is 32.3. The minimum absolute atomic E-state index is 0.0443. The molecule has 12 heteroatoms. The summed E-state index contributed by atoms with van der Waals surface area (Å²) < 4.78 is 4.88. The molecule has 2 aliphatic rings. The molecule has 1 spiro atoms. The molecule has 230 valence electrons. The maximum atomic E-state index is 14.3. The van der Waals surface area contributed by atoms with Crippen LogP contribution in [0.1, 0.15) is 29.5 Å². The van der Waals surface area contributed by atoms with Crippen molar-refractivity contribution in [1.82, 2.24) is 9.80 Å². The van der Waals surface area contributed by atoms with Crippen molar-refractivity contribution in [3.63, 3.8) is 0 Å². The van der Waals surface area contributed by atoms with Crippen LogP contribution in [0.25, 0.3) is 6.08 Å². The number of amides is 4. The standard InChI is InChI=1S/C33H29Cl2N5O5/c1-3-45-30(42)13-8-21-6-11-26(12-7-21)37-29(41)19-39-18-28(23-9-4-22(17-36)5-10-23)33(20-39)31(43)40(32(44)38(33)2)27-15-24(34)14-25(35)16-27/h4-16,28H,3,18-20H2,1-2H3,(H,37,41)/b13-8+/t28-,33+/m0/s1. The van der Waals surface area contributed by atoms with Crippen LogP contribution in [0.3, 0.4) is 0 Å². The molecule has 0 saturated carbocycles. The molecule has 2 fully saturated rings. The number of halogens is 2. The van der Waals surface area contributed by atoms with Crippen molar-refractivity contribution < 1.29 is 23.9 Å². The Kier molecular flexibility index (Phi) is 9.25. The van der Waals surface area contributed by atoms with Gasteiger partial charge in [-0.3, -0.25) is 14.5 Å². The first-order valence-electron chi connectivity index (χ1n) is 14.1. The second-order valence-electron chi connectivity index (χ2n) is 10.7. The smallest absolute Gasteiger partial charge is 0.332 e. The molecule has 0 bridgehead atoms. The SMILES string of the molecule is CCOC(=O)/C=C/c1ccc(NC(=O)CN2C[C@@H](c3ccc(C#N)cc3)[C@]3(C2)C(=O)N(c2cc(Cl)cc(Cl)c2)C(=O)N3C)cc1. The summed E-state index contributed by atoms with van der Waals surface area (Å²) in [7, 11) is 1.57. The number of imide groups is 1. The lowest BCUT2D eigenvalue weighted by Crippen LogP contribution is -2.53. The molecular weight excluding hydrogens is 617 g/mol. The van der Waals surface area contributed by atoms with Gasteiger partial charge in [-0.25, -0.2) is 14.5 Å². The maximum Gasteiger partial charge on any atom is 0.332 e. The Morgan fingerprint density at radius 2 is 1.73 bits per heavy atom. The second-order valence-corrected chi connectivity index (χ2v) is 11.6. The zero-order valence-electron chi connectivity index (χ0n) is 24.5. The van der Waals surface area contributed by atoms with E-state index in [0.717, 1.165) is 16.0 Å². The summed E-state index contributed by atoms with van der Waals surface area (Å²) in [5.74, 6) is -1.72. The fourth-order valence-electron chi connectivity index (χ4n) is 5.85. The van der Waals surface area contributed by atoms with E-state index in [1.807, 2.05) is 4.90 Å². The number of nitriles is 1. The summed E-state index contributed by atoms with van der Waals surface area (Å²) in [6.45, 7) is 2.36. The van der Waals surface area contributed by atoms with Crippen LogP contribution >= 0.6 is 23.2 Å². The van der Waals surface area contributed by atoms with Crippen molar-refractivity contribution >= 4 is 64.5 Å². The van der Waals surface area contributed by atoms with E-state index >= 15 is 0 Å². The van der Waals surface area contributed by atoms with Crippen molar-refractivity contribution in [2.45, 2.75) is 18.4 Å². The molecule has 3 aromatic rings. The predicted molar refractivity (Wildman–Crippen MR) is 171 cm³/mol. The summed E-state index contributed by atoms with van der Waals surface area (Å²) >= 11 is 12.4. The van der Waals surface area contributed by atoms with E-state index in [9.17, 15) is 24.4 Å². The monoisotopic (exact) mass is 645 g/mol. The van der Waals surface area contributed by atoms with E-state index < -0.39 is 29.4 Å². The third-order valence-corrected chi connectivity index (χ3v) is 8.38. The summed E-state index contributed by atoms with van der Waals surface area (Å²) in [5.41, 5.74) is 1.43. The van der Waals surface area contributed by atoms with Crippen LogP contribution in [0.4, 0.5) is 16.2 Å². The molecule has 45 heavy (non-hydrogen) atoms. The number of likely N-dealkylation sites (N-methyl/N-ethyl adjacent to an activating group) is 1. The Morgan fingerprint density at radius 3 is 2.36 bits per heavy atom. The van der Waals surface area contributed by atoms with E-state index in [1.54, 1.807) is 68.6 Å². The van der Waals surface area contributed by atoms with Gasteiger partial charge < -0.3 is 15.0 Å². The third-order valence-electron chi connectivity index (χ3n) is 7.94. The van der Waals surface area contributed by atoms with Gasteiger partial charge in [-0.2, -0.15) is 5.26 Å². The number of nitrogens with one attached hydrogen (secondary N) is 1. The van der Waals surface area contributed by atoms with Gasteiger partial charge in [0.2, 0.25) is 5.91 Å². The van der Waals surface area contributed by atoms with Crippen molar-refractivity contribution in [2.24, 2.45) is 0 Å². The van der Waals surface area contributed by atoms with Gasteiger partial charge in [0, 0.05) is 47.9 Å². The van der Waals surface area contributed by atoms with Crippen molar-refractivity contribution in [1.29, 1.82) is 5.26 Å². The number of nitrogens with zero attached hydrogens (tertiary/aromatic N) is 4. The molecule has 0 radical (unpaired) electrons. The average molecular weight is 647 g/mol. The van der Waals surface area contributed by atoms with Gasteiger partial charge in [0.15, 0.2) is 0 Å². The predicted octanol–water partition coefficient (Wildman–Crippen LogP) is 5.32. The average Bonchev–Trinajstić information content (AvgIpc) is 3.47. The number of benzene rings is 3. The number of anilines is 2. The van der Waals surface area contributed by atoms with Crippen LogP contribution < -0.4 is 10.2 Å². The van der Waals surface area contributed by atoms with E-state index in [0.29, 0.717) is 17.8 Å². The molecule has 0 aliphatic carbocycles. The van der Waals surface area contributed by atoms with Gasteiger partial charge in [-0.1, -0.05) is 47.5 Å². The normalized spacial score (nSPS) is 19.8. The summed E-state index contributed by atoms with van der Waals surface area (Å²) in [6, 6.07) is 19.9. The van der Waals surface area contributed by atoms with Crippen LogP contribution in [0, 0.1) is 11.3 Å². The third kappa shape index (κ3) is 6.42. The van der Waals surface area contributed by atoms with Crippen LogP contribution in [0.15, 0.2) is 72.8 Å². The Bertz CT molecular complexity index is 1700. The number of likely N-dealkylation sites (tertiary alicyclic amines) is 1. The minimum atomic E-state index is -1.34. The number of urea groups is 1. The lowest BCUT2D eigenvalue weighted by Gasteiger charge is -2.34. The molecule has 2 heterocycles. The first-order chi connectivity index (χ1) is 21.5. The zero-order valence-corrected chi connectivity index (χ0v) is 26.0. The molecule has 2 saturated heterocycles. The Balaban J connectivity index is 1.38. The first kappa shape index (κ1) is 31.7. The molecule has 0 aromatic heterocycles. The number of rotatable bonds is 8. The topological polar surface area (TPSA) is 123 Å². The molecule has 5 rings (SSSR count). The lowest BCUT2D eigenvalue weighted by molar-refractivity contribution is -0.137. The molecule has 3 aromatic carbocycles. The van der Waals surface area contributed by atoms with Crippen molar-refractivity contribution in [3.8, 4) is 6.07 Å². The summed E-state index contributed by atoms with van der Waals surface area (Å²) in [6.07, 6.45) is 2.95. The molecule has 2 atom stereocenters. The molecule has 4 amide bonds. The van der Waals surface area contributed by atoms with Crippen LogP contribution in [0.5, 0.6) is 0 Å². The largest absolute Gasteiger partial charge is 0.463 e. The van der Waals surface area contributed by atoms with E-state index in [2.05, 4.69) is 11.4 Å². The van der Waals surface area contributed by atoms with Gasteiger partial charge in [0.25, 0.3) is 5.91 Å². The Labute approximate surface area is 270 Å². The van der Waals surface area contributed by atoms with Crippen LogP contribution in [0.2, 0.25) is 10.0 Å².